The van der Waals surface area contributed by atoms with Gasteiger partial charge in [-0.25, -0.2) is 4.98 Å². The van der Waals surface area contributed by atoms with Crippen molar-refractivity contribution in [3.8, 4) is 0 Å². The lowest BCUT2D eigenvalue weighted by Crippen LogP contribution is -2.14. The summed E-state index contributed by atoms with van der Waals surface area (Å²) in [7, 11) is 0. The zero-order valence-electron chi connectivity index (χ0n) is 9.45. The van der Waals surface area contributed by atoms with Gasteiger partial charge in [-0.15, -0.1) is 0 Å². The standard InChI is InChI=1S/C10H15N5O/c1-3-5-15-6-12-7-8(15)13-10(11-4-2)14-9(7)16/h6H,3-5H2,1-2H3,(H2,11,13,14,16). The first kappa shape index (κ1) is 10.7. The molecule has 0 bridgehead atoms. The van der Waals surface area contributed by atoms with Crippen molar-refractivity contribution in [1.29, 1.82) is 0 Å². The minimum Gasteiger partial charge on any atom is -0.356 e. The van der Waals surface area contributed by atoms with Crippen LogP contribution >= 0.6 is 0 Å². The molecule has 0 atom stereocenters. The highest BCUT2D eigenvalue weighted by Crippen LogP contribution is 2.08. The van der Waals surface area contributed by atoms with Crippen molar-refractivity contribution in [2.24, 2.45) is 0 Å². The molecule has 0 aliphatic heterocycles. The zero-order chi connectivity index (χ0) is 11.5. The van der Waals surface area contributed by atoms with E-state index in [9.17, 15) is 4.79 Å². The molecule has 2 heterocycles. The van der Waals surface area contributed by atoms with Crippen molar-refractivity contribution in [3.63, 3.8) is 0 Å². The van der Waals surface area contributed by atoms with Crippen molar-refractivity contribution in [1.82, 2.24) is 19.5 Å². The van der Waals surface area contributed by atoms with Gasteiger partial charge in [-0.1, -0.05) is 6.92 Å². The molecule has 0 saturated heterocycles. The van der Waals surface area contributed by atoms with Crippen molar-refractivity contribution < 1.29 is 0 Å². The van der Waals surface area contributed by atoms with E-state index in [4.69, 9.17) is 0 Å². The van der Waals surface area contributed by atoms with Gasteiger partial charge >= 0.3 is 0 Å². The highest BCUT2D eigenvalue weighted by molar-refractivity contribution is 5.70. The molecule has 2 N–H and O–H groups in total. The molecule has 0 radical (unpaired) electrons. The third-order valence-electron chi connectivity index (χ3n) is 2.28. The Kier molecular flexibility index (Phi) is 2.89. The van der Waals surface area contributed by atoms with Crippen molar-refractivity contribution >= 4 is 17.1 Å². The minimum atomic E-state index is -0.198. The number of nitrogens with zero attached hydrogens (tertiary/aromatic N) is 3. The van der Waals surface area contributed by atoms with E-state index in [2.05, 4.69) is 27.2 Å². The van der Waals surface area contributed by atoms with Gasteiger partial charge in [0.1, 0.15) is 0 Å². The molecule has 6 nitrogen and oxygen atoms in total. The molecule has 16 heavy (non-hydrogen) atoms. The fourth-order valence-electron chi connectivity index (χ4n) is 1.61. The summed E-state index contributed by atoms with van der Waals surface area (Å²) in [6.45, 7) is 5.56. The minimum absolute atomic E-state index is 0.198. The quantitative estimate of drug-likeness (QED) is 0.806. The smallest absolute Gasteiger partial charge is 0.280 e. The third-order valence-corrected chi connectivity index (χ3v) is 2.28. The number of hydrogen-bond donors (Lipinski definition) is 2. The van der Waals surface area contributed by atoms with Gasteiger partial charge in [-0.3, -0.25) is 9.78 Å². The highest BCUT2D eigenvalue weighted by atomic mass is 16.1. The molecule has 86 valence electrons. The van der Waals surface area contributed by atoms with Crippen molar-refractivity contribution in [2.45, 2.75) is 26.8 Å². The van der Waals surface area contributed by atoms with Gasteiger partial charge in [0.05, 0.1) is 6.33 Å². The normalized spacial score (nSPS) is 10.9. The van der Waals surface area contributed by atoms with Crippen LogP contribution in [0, 0.1) is 0 Å². The van der Waals surface area contributed by atoms with Gasteiger partial charge in [0.2, 0.25) is 5.95 Å². The SMILES string of the molecule is CCCn1cnc2c(=O)[nH]c(NCC)nc21. The van der Waals surface area contributed by atoms with E-state index >= 15 is 0 Å². The maximum absolute atomic E-state index is 11.7. The Balaban J connectivity index is 2.57. The van der Waals surface area contributed by atoms with Crippen LogP contribution in [0.1, 0.15) is 20.3 Å². The van der Waals surface area contributed by atoms with Gasteiger partial charge in [-0.2, -0.15) is 4.98 Å². The summed E-state index contributed by atoms with van der Waals surface area (Å²) in [5.74, 6) is 0.498. The van der Waals surface area contributed by atoms with Gasteiger partial charge in [0.15, 0.2) is 11.2 Å². The maximum Gasteiger partial charge on any atom is 0.280 e. The molecule has 0 aromatic carbocycles. The van der Waals surface area contributed by atoms with Crippen LogP contribution in [-0.2, 0) is 6.54 Å². The molecule has 0 spiro atoms. The monoisotopic (exact) mass is 221 g/mol. The number of imidazole rings is 1. The average molecular weight is 221 g/mol. The number of H-pyrrole nitrogens is 1. The Bertz CT molecular complexity index is 542. The fourth-order valence-corrected chi connectivity index (χ4v) is 1.61. The summed E-state index contributed by atoms with van der Waals surface area (Å²) in [6, 6.07) is 0. The van der Waals surface area contributed by atoms with Crippen LogP contribution in [0.15, 0.2) is 11.1 Å². The van der Waals surface area contributed by atoms with E-state index in [1.165, 1.54) is 0 Å². The molecule has 2 rings (SSSR count). The Labute approximate surface area is 92.7 Å². The molecule has 0 aliphatic carbocycles. The summed E-state index contributed by atoms with van der Waals surface area (Å²) in [4.78, 5) is 22.7. The number of aryl methyl sites for hydroxylation is 1. The Morgan fingerprint density at radius 2 is 2.31 bits per heavy atom. The lowest BCUT2D eigenvalue weighted by atomic mass is 10.4. The van der Waals surface area contributed by atoms with E-state index in [1.54, 1.807) is 6.33 Å². The fraction of sp³-hybridized carbons (Fsp3) is 0.500. The lowest BCUT2D eigenvalue weighted by molar-refractivity contribution is 0.691. The largest absolute Gasteiger partial charge is 0.356 e. The van der Waals surface area contributed by atoms with E-state index in [0.29, 0.717) is 17.1 Å². The summed E-state index contributed by atoms with van der Waals surface area (Å²) >= 11 is 0. The third kappa shape index (κ3) is 1.78. The second kappa shape index (κ2) is 4.34. The average Bonchev–Trinajstić information content (AvgIpc) is 2.63. The van der Waals surface area contributed by atoms with E-state index in [0.717, 1.165) is 19.5 Å². The summed E-state index contributed by atoms with van der Waals surface area (Å²) in [6.07, 6.45) is 2.64. The van der Waals surface area contributed by atoms with E-state index in [-0.39, 0.29) is 5.56 Å². The van der Waals surface area contributed by atoms with Crippen LogP contribution in [0.4, 0.5) is 5.95 Å². The number of aromatic nitrogens is 4. The van der Waals surface area contributed by atoms with E-state index in [1.807, 2.05) is 11.5 Å². The molecule has 0 unspecified atom stereocenters. The number of rotatable bonds is 4. The van der Waals surface area contributed by atoms with Gasteiger partial charge in [0, 0.05) is 13.1 Å². The number of nitrogens with one attached hydrogen (secondary N) is 2. The highest BCUT2D eigenvalue weighted by Gasteiger charge is 2.08. The molecule has 2 aromatic heterocycles. The summed E-state index contributed by atoms with van der Waals surface area (Å²) < 4.78 is 1.89. The molecule has 0 amide bonds. The number of hydrogen-bond acceptors (Lipinski definition) is 4. The van der Waals surface area contributed by atoms with Gasteiger partial charge in [0.25, 0.3) is 5.56 Å². The van der Waals surface area contributed by atoms with Crippen LogP contribution < -0.4 is 10.9 Å². The van der Waals surface area contributed by atoms with Crippen LogP contribution in [0.5, 0.6) is 0 Å². The molecular formula is C10H15N5O. The molecular weight excluding hydrogens is 206 g/mol. The predicted octanol–water partition coefficient (Wildman–Crippen LogP) is 0.961. The van der Waals surface area contributed by atoms with Gasteiger partial charge < -0.3 is 9.88 Å². The second-order valence-corrected chi connectivity index (χ2v) is 3.56. The first-order chi connectivity index (χ1) is 7.76. The Hall–Kier alpha value is -1.85. The molecule has 2 aromatic rings. The second-order valence-electron chi connectivity index (χ2n) is 3.56. The number of anilines is 1. The first-order valence-corrected chi connectivity index (χ1v) is 5.45. The molecule has 0 fully saturated rings. The lowest BCUT2D eigenvalue weighted by Gasteiger charge is -2.03. The summed E-state index contributed by atoms with van der Waals surface area (Å²) in [5, 5.41) is 2.99. The van der Waals surface area contributed by atoms with E-state index < -0.39 is 0 Å². The summed E-state index contributed by atoms with van der Waals surface area (Å²) in [5.41, 5.74) is 0.840. The number of aromatic amines is 1. The molecule has 6 heteroatoms. The Morgan fingerprint density at radius 1 is 1.50 bits per heavy atom. The van der Waals surface area contributed by atoms with Crippen LogP contribution in [0.25, 0.3) is 11.2 Å². The molecule has 0 saturated carbocycles. The Morgan fingerprint density at radius 3 is 3.00 bits per heavy atom. The first-order valence-electron chi connectivity index (χ1n) is 5.45. The maximum atomic E-state index is 11.7. The van der Waals surface area contributed by atoms with Crippen LogP contribution in [-0.4, -0.2) is 26.1 Å². The number of fused-ring (bicyclic) bond motifs is 1. The van der Waals surface area contributed by atoms with Crippen molar-refractivity contribution in [2.75, 3.05) is 11.9 Å². The van der Waals surface area contributed by atoms with Crippen LogP contribution in [0.2, 0.25) is 0 Å². The predicted molar refractivity (Wildman–Crippen MR) is 62.6 cm³/mol. The molecule has 0 aliphatic rings. The van der Waals surface area contributed by atoms with Gasteiger partial charge in [-0.05, 0) is 13.3 Å². The topological polar surface area (TPSA) is 75.6 Å². The zero-order valence-corrected chi connectivity index (χ0v) is 9.45. The van der Waals surface area contributed by atoms with Crippen molar-refractivity contribution in [3.05, 3.63) is 16.7 Å². The van der Waals surface area contributed by atoms with Crippen LogP contribution in [0.3, 0.4) is 0 Å².